The zero-order valence-electron chi connectivity index (χ0n) is 17.0. The van der Waals surface area contributed by atoms with E-state index in [4.69, 9.17) is 4.42 Å². The van der Waals surface area contributed by atoms with Crippen LogP contribution in [0.25, 0.3) is 0 Å². The fraction of sp³-hybridized carbons (Fsp3) is 0.455. The van der Waals surface area contributed by atoms with Crippen LogP contribution in [0.3, 0.4) is 0 Å². The van der Waals surface area contributed by atoms with E-state index in [1.165, 1.54) is 18.6 Å². The first-order chi connectivity index (χ1) is 14.8. The van der Waals surface area contributed by atoms with Gasteiger partial charge in [-0.2, -0.15) is 13.2 Å². The number of benzene rings is 1. The van der Waals surface area contributed by atoms with E-state index in [1.807, 2.05) is 4.90 Å². The van der Waals surface area contributed by atoms with Crippen LogP contribution in [0.2, 0.25) is 0 Å². The van der Waals surface area contributed by atoms with Crippen LogP contribution in [0.4, 0.5) is 18.9 Å². The first kappa shape index (κ1) is 21.3. The van der Waals surface area contributed by atoms with Gasteiger partial charge >= 0.3 is 6.18 Å². The number of piperidine rings is 1. The second-order valence-electron chi connectivity index (χ2n) is 7.96. The molecule has 0 aliphatic carbocycles. The van der Waals surface area contributed by atoms with Crippen LogP contribution in [0.15, 0.2) is 47.3 Å². The van der Waals surface area contributed by atoms with Gasteiger partial charge in [0.05, 0.1) is 23.3 Å². The zero-order valence-corrected chi connectivity index (χ0v) is 17.0. The van der Waals surface area contributed by atoms with E-state index < -0.39 is 11.7 Å². The summed E-state index contributed by atoms with van der Waals surface area (Å²) in [6.07, 6.45) is -0.0505. The first-order valence-electron chi connectivity index (χ1n) is 10.4. The van der Waals surface area contributed by atoms with Crippen molar-refractivity contribution in [2.75, 3.05) is 44.2 Å². The van der Waals surface area contributed by atoms with Gasteiger partial charge in [-0.15, -0.1) is 0 Å². The number of piperazine rings is 1. The van der Waals surface area contributed by atoms with E-state index in [2.05, 4.69) is 0 Å². The maximum atomic E-state index is 13.0. The van der Waals surface area contributed by atoms with Crippen LogP contribution in [-0.2, 0) is 11.0 Å². The van der Waals surface area contributed by atoms with Gasteiger partial charge in [-0.05, 0) is 37.1 Å². The van der Waals surface area contributed by atoms with Crippen molar-refractivity contribution in [1.29, 1.82) is 0 Å². The highest BCUT2D eigenvalue weighted by Gasteiger charge is 2.34. The summed E-state index contributed by atoms with van der Waals surface area (Å²) in [5.41, 5.74) is 0.312. The van der Waals surface area contributed by atoms with Gasteiger partial charge in [0.2, 0.25) is 5.91 Å². The second-order valence-corrected chi connectivity index (χ2v) is 7.96. The third kappa shape index (κ3) is 4.70. The molecule has 9 heteroatoms. The molecule has 0 saturated carbocycles. The molecule has 2 aromatic rings. The lowest BCUT2D eigenvalue weighted by atomic mass is 9.95. The lowest BCUT2D eigenvalue weighted by molar-refractivity contribution is -0.138. The minimum atomic E-state index is -4.38. The summed E-state index contributed by atoms with van der Waals surface area (Å²) in [5, 5.41) is 0. The van der Waals surface area contributed by atoms with Crippen molar-refractivity contribution in [2.45, 2.75) is 19.0 Å². The molecule has 0 bridgehead atoms. The molecule has 0 N–H and O–H groups in total. The molecule has 2 fully saturated rings. The number of likely N-dealkylation sites (tertiary alicyclic amines) is 1. The molecule has 1 aromatic carbocycles. The molecule has 2 amide bonds. The molecule has 0 spiro atoms. The smallest absolute Gasteiger partial charge is 0.416 e. The fourth-order valence-corrected chi connectivity index (χ4v) is 4.25. The normalized spacial score (nSPS) is 20.1. The van der Waals surface area contributed by atoms with Crippen LogP contribution in [-0.4, -0.2) is 60.9 Å². The van der Waals surface area contributed by atoms with Gasteiger partial charge in [0.25, 0.3) is 5.91 Å². The number of amides is 2. The minimum absolute atomic E-state index is 0.00776. The highest BCUT2D eigenvalue weighted by atomic mass is 19.4. The zero-order chi connectivity index (χ0) is 22.0. The Balaban J connectivity index is 1.34. The monoisotopic (exact) mass is 435 g/mol. The van der Waals surface area contributed by atoms with Crippen LogP contribution in [0, 0.1) is 5.92 Å². The van der Waals surface area contributed by atoms with Gasteiger partial charge in [0.1, 0.15) is 6.26 Å². The van der Waals surface area contributed by atoms with Crippen molar-refractivity contribution in [3.63, 3.8) is 0 Å². The highest BCUT2D eigenvalue weighted by Crippen LogP contribution is 2.32. The van der Waals surface area contributed by atoms with Crippen molar-refractivity contribution in [3.05, 3.63) is 54.0 Å². The van der Waals surface area contributed by atoms with Crippen molar-refractivity contribution in [1.82, 2.24) is 9.80 Å². The summed E-state index contributed by atoms with van der Waals surface area (Å²) in [6.45, 7) is 2.81. The quantitative estimate of drug-likeness (QED) is 0.741. The van der Waals surface area contributed by atoms with Crippen molar-refractivity contribution in [2.24, 2.45) is 5.92 Å². The van der Waals surface area contributed by atoms with Gasteiger partial charge in [0.15, 0.2) is 0 Å². The molecule has 166 valence electrons. The molecule has 6 nitrogen and oxygen atoms in total. The van der Waals surface area contributed by atoms with Crippen LogP contribution < -0.4 is 4.90 Å². The van der Waals surface area contributed by atoms with E-state index in [0.717, 1.165) is 25.0 Å². The average Bonchev–Trinajstić information content (AvgIpc) is 3.33. The maximum Gasteiger partial charge on any atom is 0.416 e. The molecule has 3 heterocycles. The molecule has 2 aliphatic rings. The Hall–Kier alpha value is -2.97. The number of nitrogens with zero attached hydrogens (tertiary/aromatic N) is 3. The van der Waals surface area contributed by atoms with E-state index >= 15 is 0 Å². The summed E-state index contributed by atoms with van der Waals surface area (Å²) in [4.78, 5) is 30.9. The predicted octanol–water partition coefficient (Wildman–Crippen LogP) is 3.50. The lowest BCUT2D eigenvalue weighted by Crippen LogP contribution is -2.53. The van der Waals surface area contributed by atoms with Gasteiger partial charge in [-0.1, -0.05) is 6.07 Å². The van der Waals surface area contributed by atoms with Crippen molar-refractivity contribution >= 4 is 17.5 Å². The Morgan fingerprint density at radius 1 is 1.00 bits per heavy atom. The van der Waals surface area contributed by atoms with E-state index in [9.17, 15) is 22.8 Å². The number of carbonyl (C=O) groups excluding carboxylic acids is 2. The summed E-state index contributed by atoms with van der Waals surface area (Å²) in [6, 6.07) is 6.89. The van der Waals surface area contributed by atoms with E-state index in [0.29, 0.717) is 50.5 Å². The summed E-state index contributed by atoms with van der Waals surface area (Å²) in [5.74, 6) is -0.390. The predicted molar refractivity (Wildman–Crippen MR) is 108 cm³/mol. The molecule has 1 atom stereocenters. The van der Waals surface area contributed by atoms with Crippen molar-refractivity contribution in [3.8, 4) is 0 Å². The molecule has 4 rings (SSSR count). The molecule has 1 aromatic heterocycles. The summed E-state index contributed by atoms with van der Waals surface area (Å²) < 4.78 is 43.9. The topological polar surface area (TPSA) is 57.0 Å². The van der Waals surface area contributed by atoms with Gasteiger partial charge in [-0.3, -0.25) is 9.59 Å². The number of anilines is 1. The molecular weight excluding hydrogens is 411 g/mol. The Morgan fingerprint density at radius 3 is 2.45 bits per heavy atom. The number of hydrogen-bond donors (Lipinski definition) is 0. The van der Waals surface area contributed by atoms with E-state index in [-0.39, 0.29) is 17.7 Å². The van der Waals surface area contributed by atoms with Crippen LogP contribution in [0.5, 0.6) is 0 Å². The minimum Gasteiger partial charge on any atom is -0.472 e. The molecule has 2 saturated heterocycles. The van der Waals surface area contributed by atoms with E-state index in [1.54, 1.807) is 21.9 Å². The fourth-order valence-electron chi connectivity index (χ4n) is 4.25. The summed E-state index contributed by atoms with van der Waals surface area (Å²) >= 11 is 0. The van der Waals surface area contributed by atoms with Gasteiger partial charge in [0, 0.05) is 45.0 Å². The maximum absolute atomic E-state index is 13.0. The van der Waals surface area contributed by atoms with Crippen molar-refractivity contribution < 1.29 is 27.2 Å². The largest absolute Gasteiger partial charge is 0.472 e. The first-order valence-corrected chi connectivity index (χ1v) is 10.4. The number of alkyl halides is 3. The Labute approximate surface area is 178 Å². The van der Waals surface area contributed by atoms with Crippen LogP contribution >= 0.6 is 0 Å². The highest BCUT2D eigenvalue weighted by molar-refractivity contribution is 5.94. The number of carbonyl (C=O) groups is 2. The Morgan fingerprint density at radius 2 is 1.77 bits per heavy atom. The van der Waals surface area contributed by atoms with Crippen LogP contribution in [0.1, 0.15) is 28.8 Å². The Bertz CT molecular complexity index is 922. The summed E-state index contributed by atoms with van der Waals surface area (Å²) in [7, 11) is 0. The second kappa shape index (κ2) is 8.64. The number of furan rings is 1. The number of halogens is 3. The number of rotatable bonds is 3. The van der Waals surface area contributed by atoms with Gasteiger partial charge in [-0.25, -0.2) is 0 Å². The standard InChI is InChI=1S/C22H24F3N3O3/c23-22(24,25)18-4-1-5-19(13-18)26-8-10-27(11-9-26)20(29)16-3-2-7-28(14-16)21(30)17-6-12-31-15-17/h1,4-6,12-13,15-16H,2-3,7-11,14H2. The third-order valence-corrected chi connectivity index (χ3v) is 5.96. The molecule has 2 aliphatic heterocycles. The lowest BCUT2D eigenvalue weighted by Gasteiger charge is -2.39. The van der Waals surface area contributed by atoms with Gasteiger partial charge < -0.3 is 19.1 Å². The number of hydrogen-bond acceptors (Lipinski definition) is 4. The SMILES string of the molecule is O=C(c1ccoc1)N1CCCC(C(=O)N2CCN(c3cccc(C(F)(F)F)c3)CC2)C1. The molecule has 31 heavy (non-hydrogen) atoms. The third-order valence-electron chi connectivity index (χ3n) is 5.96. The average molecular weight is 435 g/mol. The molecule has 1 unspecified atom stereocenters. The molecule has 0 radical (unpaired) electrons. The Kier molecular flexibility index (Phi) is 5.93. The molecular formula is C22H24F3N3O3.